The van der Waals surface area contributed by atoms with Crippen molar-refractivity contribution < 1.29 is 24.6 Å². The number of allylic oxidation sites excluding steroid dienone is 1. The first kappa shape index (κ1) is 24.0. The number of aldehydes is 1. The molecule has 5 heteroatoms. The van der Waals surface area contributed by atoms with Crippen LogP contribution in [0.25, 0.3) is 0 Å². The molecule has 0 radical (unpaired) electrons. The highest BCUT2D eigenvalue weighted by atomic mass is 16.4. The van der Waals surface area contributed by atoms with Crippen molar-refractivity contribution in [3.63, 3.8) is 0 Å². The third-order valence-corrected chi connectivity index (χ3v) is 7.10. The summed E-state index contributed by atoms with van der Waals surface area (Å²) in [6.07, 6.45) is 8.02. The van der Waals surface area contributed by atoms with Gasteiger partial charge in [-0.3, -0.25) is 4.79 Å². The molecule has 3 atom stereocenters. The van der Waals surface area contributed by atoms with Crippen molar-refractivity contribution in [3.8, 4) is 0 Å². The first-order chi connectivity index (χ1) is 14.1. The van der Waals surface area contributed by atoms with E-state index in [9.17, 15) is 14.4 Å². The molecule has 0 aromatic heterocycles. The standard InChI is InChI=1S/C24H30O4.CH4O/c1-15(2)17-12-16-6-8-21-23(3,14-25)10-5-11-24(21,4)19(16)13-18(17)20(26)7-9-22(27)28;1-2/h7,9,12-15,21H,5-6,8,10-11H2,1-4H3,(H,27,28);2H,1H3/b9-7+;. The third kappa shape index (κ3) is 4.27. The fraction of sp³-hybridized carbons (Fsp3) is 0.560. The maximum Gasteiger partial charge on any atom is 0.328 e. The van der Waals surface area contributed by atoms with Gasteiger partial charge >= 0.3 is 5.97 Å². The summed E-state index contributed by atoms with van der Waals surface area (Å²) in [6.45, 7) is 8.43. The van der Waals surface area contributed by atoms with Gasteiger partial charge in [0.2, 0.25) is 0 Å². The van der Waals surface area contributed by atoms with Gasteiger partial charge in [0, 0.05) is 24.2 Å². The third-order valence-electron chi connectivity index (χ3n) is 7.10. The van der Waals surface area contributed by atoms with Crippen LogP contribution in [0.4, 0.5) is 0 Å². The molecule has 1 saturated carbocycles. The first-order valence-corrected chi connectivity index (χ1v) is 10.7. The van der Waals surface area contributed by atoms with Crippen LogP contribution in [0.3, 0.4) is 0 Å². The van der Waals surface area contributed by atoms with Crippen LogP contribution in [0.15, 0.2) is 24.3 Å². The molecule has 0 amide bonds. The number of aliphatic hydroxyl groups is 1. The van der Waals surface area contributed by atoms with Gasteiger partial charge in [-0.2, -0.15) is 0 Å². The number of carboxylic acids is 1. The maximum atomic E-state index is 12.8. The zero-order chi connectivity index (χ0) is 22.7. The van der Waals surface area contributed by atoms with Crippen LogP contribution < -0.4 is 0 Å². The second kappa shape index (κ2) is 9.25. The molecule has 2 N–H and O–H groups in total. The number of hydrogen-bond donors (Lipinski definition) is 2. The number of ketones is 1. The number of carboxylic acid groups (broad SMARTS) is 1. The topological polar surface area (TPSA) is 91.7 Å². The summed E-state index contributed by atoms with van der Waals surface area (Å²) < 4.78 is 0. The number of aliphatic carboxylic acids is 1. The lowest BCUT2D eigenvalue weighted by Crippen LogP contribution is -2.49. The van der Waals surface area contributed by atoms with E-state index in [1.165, 1.54) is 11.1 Å². The molecule has 164 valence electrons. The van der Waals surface area contributed by atoms with Gasteiger partial charge in [0.15, 0.2) is 5.78 Å². The minimum absolute atomic E-state index is 0.136. The average Bonchev–Trinajstić information content (AvgIpc) is 2.72. The summed E-state index contributed by atoms with van der Waals surface area (Å²) in [4.78, 5) is 35.6. The number of hydrogen-bond acceptors (Lipinski definition) is 4. The number of fused-ring (bicyclic) bond motifs is 3. The minimum Gasteiger partial charge on any atom is -0.478 e. The molecule has 1 fully saturated rings. The smallest absolute Gasteiger partial charge is 0.328 e. The molecular weight excluding hydrogens is 380 g/mol. The Morgan fingerprint density at radius 2 is 1.80 bits per heavy atom. The van der Waals surface area contributed by atoms with E-state index in [-0.39, 0.29) is 28.4 Å². The Hall–Kier alpha value is -2.27. The monoisotopic (exact) mass is 414 g/mol. The van der Waals surface area contributed by atoms with Crippen LogP contribution in [-0.4, -0.2) is 35.4 Å². The van der Waals surface area contributed by atoms with Gasteiger partial charge in [0.1, 0.15) is 6.29 Å². The Kier molecular flexibility index (Phi) is 7.40. The molecule has 0 saturated heterocycles. The second-order valence-electron chi connectivity index (χ2n) is 9.27. The van der Waals surface area contributed by atoms with Crippen molar-refractivity contribution in [2.24, 2.45) is 11.3 Å². The molecule has 0 aliphatic heterocycles. The van der Waals surface area contributed by atoms with Gasteiger partial charge < -0.3 is 15.0 Å². The van der Waals surface area contributed by atoms with Crippen molar-refractivity contribution in [1.29, 1.82) is 0 Å². The van der Waals surface area contributed by atoms with Gasteiger partial charge in [0.25, 0.3) is 0 Å². The summed E-state index contributed by atoms with van der Waals surface area (Å²) in [5.41, 5.74) is 3.54. The molecule has 3 rings (SSSR count). The van der Waals surface area contributed by atoms with E-state index < -0.39 is 5.97 Å². The van der Waals surface area contributed by atoms with E-state index in [4.69, 9.17) is 10.2 Å². The van der Waals surface area contributed by atoms with E-state index in [1.807, 2.05) is 6.07 Å². The normalized spacial score (nSPS) is 27.6. The van der Waals surface area contributed by atoms with Gasteiger partial charge in [-0.25, -0.2) is 4.79 Å². The summed E-state index contributed by atoms with van der Waals surface area (Å²) in [6, 6.07) is 4.15. The highest BCUT2D eigenvalue weighted by molar-refractivity contribution is 6.08. The van der Waals surface area contributed by atoms with E-state index in [2.05, 4.69) is 33.8 Å². The molecule has 1 aromatic carbocycles. The lowest BCUT2D eigenvalue weighted by Gasteiger charge is -2.53. The molecule has 30 heavy (non-hydrogen) atoms. The number of aryl methyl sites for hydroxylation is 1. The second-order valence-corrected chi connectivity index (χ2v) is 9.27. The van der Waals surface area contributed by atoms with E-state index in [1.54, 1.807) is 0 Å². The summed E-state index contributed by atoms with van der Waals surface area (Å²) in [7, 11) is 1.00. The Balaban J connectivity index is 0.00000155. The first-order valence-electron chi connectivity index (χ1n) is 10.7. The Morgan fingerprint density at radius 1 is 1.13 bits per heavy atom. The molecule has 0 spiro atoms. The number of benzene rings is 1. The van der Waals surface area contributed by atoms with E-state index in [0.29, 0.717) is 5.56 Å². The number of carbonyl (C=O) groups is 3. The van der Waals surface area contributed by atoms with Crippen molar-refractivity contribution in [2.45, 2.75) is 71.1 Å². The van der Waals surface area contributed by atoms with Gasteiger partial charge in [-0.1, -0.05) is 40.2 Å². The SMILES string of the molecule is CC(C)c1cc2c(cc1C(=O)/C=C/C(=O)O)C1(C)CCCC(C)(C=O)C1CC2.CO. The molecule has 1 aromatic rings. The highest BCUT2D eigenvalue weighted by Crippen LogP contribution is 2.56. The highest BCUT2D eigenvalue weighted by Gasteiger charge is 2.52. The van der Waals surface area contributed by atoms with Crippen molar-refractivity contribution in [2.75, 3.05) is 7.11 Å². The lowest BCUT2D eigenvalue weighted by molar-refractivity contribution is -0.131. The van der Waals surface area contributed by atoms with E-state index >= 15 is 0 Å². The number of aliphatic hydroxyl groups excluding tert-OH is 1. The van der Waals surface area contributed by atoms with Crippen molar-refractivity contribution in [1.82, 2.24) is 0 Å². The quantitative estimate of drug-likeness (QED) is 0.422. The largest absolute Gasteiger partial charge is 0.478 e. The minimum atomic E-state index is -1.13. The lowest BCUT2D eigenvalue weighted by atomic mass is 9.50. The zero-order valence-corrected chi connectivity index (χ0v) is 18.7. The Morgan fingerprint density at radius 3 is 2.37 bits per heavy atom. The van der Waals surface area contributed by atoms with Crippen LogP contribution in [-0.2, 0) is 21.4 Å². The molecule has 0 heterocycles. The fourth-order valence-corrected chi connectivity index (χ4v) is 5.65. The Labute approximate surface area is 179 Å². The average molecular weight is 415 g/mol. The molecule has 0 bridgehead atoms. The predicted molar refractivity (Wildman–Crippen MR) is 117 cm³/mol. The molecule has 3 unspecified atom stereocenters. The van der Waals surface area contributed by atoms with Crippen LogP contribution >= 0.6 is 0 Å². The molecule has 5 nitrogen and oxygen atoms in total. The van der Waals surface area contributed by atoms with Crippen LogP contribution in [0.2, 0.25) is 0 Å². The number of rotatable bonds is 5. The van der Waals surface area contributed by atoms with Gasteiger partial charge in [-0.05, 0) is 71.8 Å². The fourth-order valence-electron chi connectivity index (χ4n) is 5.65. The molecule has 2 aliphatic carbocycles. The van der Waals surface area contributed by atoms with Gasteiger partial charge in [-0.15, -0.1) is 0 Å². The summed E-state index contributed by atoms with van der Waals surface area (Å²) >= 11 is 0. The number of carbonyl (C=O) groups excluding carboxylic acids is 2. The van der Waals surface area contributed by atoms with Crippen LogP contribution in [0, 0.1) is 11.3 Å². The predicted octanol–water partition coefficient (Wildman–Crippen LogP) is 4.45. The van der Waals surface area contributed by atoms with Crippen LogP contribution in [0.1, 0.15) is 86.3 Å². The van der Waals surface area contributed by atoms with Crippen LogP contribution in [0.5, 0.6) is 0 Å². The van der Waals surface area contributed by atoms with Crippen molar-refractivity contribution in [3.05, 3.63) is 46.5 Å². The summed E-state index contributed by atoms with van der Waals surface area (Å²) in [5.74, 6) is -0.965. The molecular formula is C25H34O5. The van der Waals surface area contributed by atoms with Crippen molar-refractivity contribution >= 4 is 18.0 Å². The molecule has 2 aliphatic rings. The zero-order valence-electron chi connectivity index (χ0n) is 18.7. The maximum absolute atomic E-state index is 12.8. The Bertz CT molecular complexity index is 853. The van der Waals surface area contributed by atoms with Gasteiger partial charge in [0.05, 0.1) is 0 Å². The summed E-state index contributed by atoms with van der Waals surface area (Å²) in [5, 5.41) is 15.9. The van der Waals surface area contributed by atoms with E-state index in [0.717, 1.165) is 63.2 Å².